The number of hydrogen-bond acceptors (Lipinski definition) is 5. The first-order chi connectivity index (χ1) is 13.8. The van der Waals surface area contributed by atoms with Gasteiger partial charge in [0.1, 0.15) is 11.6 Å². The Labute approximate surface area is 182 Å². The van der Waals surface area contributed by atoms with Crippen molar-refractivity contribution in [1.82, 2.24) is 0 Å². The van der Waals surface area contributed by atoms with Gasteiger partial charge in [0, 0.05) is 0 Å². The molecule has 0 unspecified atom stereocenters. The molecule has 0 saturated carbocycles. The summed E-state index contributed by atoms with van der Waals surface area (Å²) < 4.78 is 10.1. The second kappa shape index (κ2) is 10.7. The highest BCUT2D eigenvalue weighted by atomic mass is 35.5. The number of rotatable bonds is 7. The van der Waals surface area contributed by atoms with Crippen molar-refractivity contribution in [3.8, 4) is 11.8 Å². The highest BCUT2D eigenvalue weighted by molar-refractivity contribution is 6.37. The van der Waals surface area contributed by atoms with Crippen molar-refractivity contribution < 1.29 is 19.1 Å². The molecule has 0 saturated heterocycles. The number of halogens is 3. The maximum atomic E-state index is 12.4. The van der Waals surface area contributed by atoms with Gasteiger partial charge in [0.2, 0.25) is 0 Å². The summed E-state index contributed by atoms with van der Waals surface area (Å²) in [4.78, 5) is 23.8. The van der Waals surface area contributed by atoms with E-state index in [1.54, 1.807) is 31.2 Å². The molecule has 2 aromatic rings. The Bertz CT molecular complexity index is 976. The molecule has 0 aliphatic carbocycles. The van der Waals surface area contributed by atoms with Crippen LogP contribution < -0.4 is 10.1 Å². The van der Waals surface area contributed by atoms with Crippen molar-refractivity contribution in [2.75, 3.05) is 18.5 Å². The number of hydrogen-bond donors (Lipinski definition) is 1. The number of para-hydroxylation sites is 1. The number of nitrogens with one attached hydrogen (secondary N) is 1. The van der Waals surface area contributed by atoms with Gasteiger partial charge >= 0.3 is 5.97 Å². The predicted molar refractivity (Wildman–Crippen MR) is 112 cm³/mol. The topological polar surface area (TPSA) is 88.4 Å². The number of benzene rings is 2. The van der Waals surface area contributed by atoms with Gasteiger partial charge in [0.25, 0.3) is 5.91 Å². The average Bonchev–Trinajstić information content (AvgIpc) is 2.67. The number of carbonyl (C=O) groups excluding carboxylic acids is 2. The van der Waals surface area contributed by atoms with Crippen molar-refractivity contribution in [3.63, 3.8) is 0 Å². The van der Waals surface area contributed by atoms with Gasteiger partial charge in [-0.25, -0.2) is 4.79 Å². The minimum absolute atomic E-state index is 0.0950. The monoisotopic (exact) mass is 452 g/mol. The predicted octanol–water partition coefficient (Wildman–Crippen LogP) is 5.13. The normalized spacial score (nSPS) is 10.8. The van der Waals surface area contributed by atoms with Crippen LogP contribution in [0.3, 0.4) is 0 Å². The Morgan fingerprint density at radius 2 is 1.79 bits per heavy atom. The molecule has 0 spiro atoms. The molecule has 0 fully saturated rings. The zero-order valence-electron chi connectivity index (χ0n) is 15.2. The molecule has 0 aromatic heterocycles. The van der Waals surface area contributed by atoms with Crippen LogP contribution in [0.4, 0.5) is 5.69 Å². The minimum Gasteiger partial charge on any atom is -0.479 e. The summed E-state index contributed by atoms with van der Waals surface area (Å²) in [5.74, 6) is -1.11. The first kappa shape index (κ1) is 22.6. The molecule has 0 aliphatic rings. The SMILES string of the molecule is CCOC(=O)COc1c(Cl)cc(/C=C(\C#N)C(=O)Nc2ccccc2Cl)cc1Cl. The van der Waals surface area contributed by atoms with E-state index in [0.29, 0.717) is 16.3 Å². The molecule has 0 heterocycles. The lowest BCUT2D eigenvalue weighted by Crippen LogP contribution is -2.15. The maximum absolute atomic E-state index is 12.4. The molecular formula is C20H15Cl3N2O4. The summed E-state index contributed by atoms with van der Waals surface area (Å²) >= 11 is 18.3. The zero-order chi connectivity index (χ0) is 21.4. The van der Waals surface area contributed by atoms with Crippen LogP contribution in [0.5, 0.6) is 5.75 Å². The summed E-state index contributed by atoms with van der Waals surface area (Å²) in [5.41, 5.74) is 0.589. The van der Waals surface area contributed by atoms with E-state index in [0.717, 1.165) is 0 Å². The Morgan fingerprint density at radius 1 is 1.14 bits per heavy atom. The molecule has 1 N–H and O–H groups in total. The first-order valence-corrected chi connectivity index (χ1v) is 9.44. The van der Waals surface area contributed by atoms with Crippen LogP contribution in [0.1, 0.15) is 12.5 Å². The fourth-order valence-electron chi connectivity index (χ4n) is 2.20. The van der Waals surface area contributed by atoms with Crippen molar-refractivity contribution in [3.05, 3.63) is 62.6 Å². The largest absolute Gasteiger partial charge is 0.479 e. The minimum atomic E-state index is -0.643. The number of amides is 1. The van der Waals surface area contributed by atoms with E-state index >= 15 is 0 Å². The Balaban J connectivity index is 2.21. The molecule has 0 aliphatic heterocycles. The fraction of sp³-hybridized carbons (Fsp3) is 0.150. The average molecular weight is 454 g/mol. The third-order valence-corrected chi connectivity index (χ3v) is 4.35. The lowest BCUT2D eigenvalue weighted by atomic mass is 10.1. The van der Waals surface area contributed by atoms with E-state index in [-0.39, 0.29) is 34.6 Å². The van der Waals surface area contributed by atoms with E-state index in [1.807, 2.05) is 6.07 Å². The summed E-state index contributed by atoms with van der Waals surface area (Å²) in [6.07, 6.45) is 1.32. The van der Waals surface area contributed by atoms with E-state index in [4.69, 9.17) is 44.3 Å². The molecule has 6 nitrogen and oxygen atoms in total. The van der Waals surface area contributed by atoms with Crippen LogP contribution in [0.25, 0.3) is 6.08 Å². The molecular weight excluding hydrogens is 439 g/mol. The number of carbonyl (C=O) groups is 2. The third kappa shape index (κ3) is 6.40. The maximum Gasteiger partial charge on any atom is 0.344 e. The first-order valence-electron chi connectivity index (χ1n) is 8.30. The number of nitrogens with zero attached hydrogens (tertiary/aromatic N) is 1. The molecule has 2 aromatic carbocycles. The molecule has 9 heteroatoms. The molecule has 29 heavy (non-hydrogen) atoms. The van der Waals surface area contributed by atoms with Gasteiger partial charge in [-0.15, -0.1) is 0 Å². The lowest BCUT2D eigenvalue weighted by Gasteiger charge is -2.10. The highest BCUT2D eigenvalue weighted by Crippen LogP contribution is 2.35. The molecule has 0 radical (unpaired) electrons. The van der Waals surface area contributed by atoms with Crippen LogP contribution in [0.2, 0.25) is 15.1 Å². The highest BCUT2D eigenvalue weighted by Gasteiger charge is 2.15. The second-order valence-electron chi connectivity index (χ2n) is 5.51. The molecule has 0 atom stereocenters. The van der Waals surface area contributed by atoms with Crippen molar-refractivity contribution >= 4 is 58.4 Å². The number of anilines is 1. The Kier molecular flexibility index (Phi) is 8.34. The Morgan fingerprint density at radius 3 is 2.38 bits per heavy atom. The molecule has 150 valence electrons. The fourth-order valence-corrected chi connectivity index (χ4v) is 3.00. The quantitative estimate of drug-likeness (QED) is 0.356. The smallest absolute Gasteiger partial charge is 0.344 e. The van der Waals surface area contributed by atoms with Crippen molar-refractivity contribution in [2.24, 2.45) is 0 Å². The standard InChI is InChI=1S/C20H15Cl3N2O4/c1-2-28-18(26)11-29-19-15(22)8-12(9-16(19)23)7-13(10-24)20(27)25-17-6-4-3-5-14(17)21/h3-9H,2,11H2,1H3,(H,25,27)/b13-7+. The summed E-state index contributed by atoms with van der Waals surface area (Å²) in [7, 11) is 0. The van der Waals surface area contributed by atoms with Crippen molar-refractivity contribution in [2.45, 2.75) is 6.92 Å². The van der Waals surface area contributed by atoms with Crippen molar-refractivity contribution in [1.29, 1.82) is 5.26 Å². The van der Waals surface area contributed by atoms with Crippen LogP contribution >= 0.6 is 34.8 Å². The van der Waals surface area contributed by atoms with E-state index in [2.05, 4.69) is 5.32 Å². The van der Waals surface area contributed by atoms with Gasteiger partial charge in [-0.2, -0.15) is 5.26 Å². The van der Waals surface area contributed by atoms with Gasteiger partial charge in [-0.1, -0.05) is 46.9 Å². The number of ether oxygens (including phenoxy) is 2. The molecule has 1 amide bonds. The lowest BCUT2D eigenvalue weighted by molar-refractivity contribution is -0.145. The number of esters is 1. The van der Waals surface area contributed by atoms with E-state index in [1.165, 1.54) is 18.2 Å². The van der Waals surface area contributed by atoms with Crippen LogP contribution in [-0.2, 0) is 14.3 Å². The van der Waals surface area contributed by atoms with Gasteiger partial charge in [0.05, 0.1) is 27.4 Å². The van der Waals surface area contributed by atoms with Gasteiger partial charge in [0.15, 0.2) is 12.4 Å². The third-order valence-electron chi connectivity index (χ3n) is 3.46. The van der Waals surface area contributed by atoms with Gasteiger partial charge in [-0.3, -0.25) is 4.79 Å². The molecule has 0 bridgehead atoms. The van der Waals surface area contributed by atoms with E-state index in [9.17, 15) is 14.9 Å². The summed E-state index contributed by atoms with van der Waals surface area (Å²) in [6, 6.07) is 11.4. The van der Waals surface area contributed by atoms with E-state index < -0.39 is 11.9 Å². The molecule has 2 rings (SSSR count). The summed E-state index contributed by atoms with van der Waals surface area (Å²) in [6.45, 7) is 1.54. The van der Waals surface area contributed by atoms with Crippen LogP contribution in [0, 0.1) is 11.3 Å². The summed E-state index contributed by atoms with van der Waals surface area (Å²) in [5, 5.41) is 12.5. The second-order valence-corrected chi connectivity index (χ2v) is 6.73. The van der Waals surface area contributed by atoms with Crippen LogP contribution in [-0.4, -0.2) is 25.1 Å². The van der Waals surface area contributed by atoms with Gasteiger partial charge in [-0.05, 0) is 42.8 Å². The Hall–Kier alpha value is -2.72. The van der Waals surface area contributed by atoms with Crippen LogP contribution in [0.15, 0.2) is 42.0 Å². The zero-order valence-corrected chi connectivity index (χ0v) is 17.4. The number of nitriles is 1. The van der Waals surface area contributed by atoms with Gasteiger partial charge < -0.3 is 14.8 Å².